The summed E-state index contributed by atoms with van der Waals surface area (Å²) in [4.78, 5) is 18.7. The van der Waals surface area contributed by atoms with E-state index in [0.717, 1.165) is 55.5 Å². The number of hydrogen-bond donors (Lipinski definition) is 2. The highest BCUT2D eigenvalue weighted by molar-refractivity contribution is 5.80. The molecule has 2 rings (SSSR count). The third kappa shape index (κ3) is 6.05. The average Bonchev–Trinajstić information content (AvgIpc) is 2.71. The van der Waals surface area contributed by atoms with Crippen LogP contribution in [0.25, 0.3) is 0 Å². The fourth-order valence-electron chi connectivity index (χ4n) is 3.28. The van der Waals surface area contributed by atoms with Crippen LogP contribution in [-0.2, 0) is 11.3 Å². The molecule has 1 amide bonds. The number of rotatable bonds is 7. The van der Waals surface area contributed by atoms with Gasteiger partial charge in [0.1, 0.15) is 11.5 Å². The molecule has 0 unspecified atom stereocenters. The quantitative estimate of drug-likeness (QED) is 0.562. The molecule has 150 valence electrons. The molecule has 1 aliphatic rings. The van der Waals surface area contributed by atoms with E-state index in [1.807, 2.05) is 18.2 Å². The van der Waals surface area contributed by atoms with E-state index < -0.39 is 0 Å². The Kier molecular flexibility index (Phi) is 8.23. The van der Waals surface area contributed by atoms with E-state index >= 15 is 0 Å². The monoisotopic (exact) mass is 376 g/mol. The fourth-order valence-corrected chi connectivity index (χ4v) is 3.28. The van der Waals surface area contributed by atoms with Crippen LogP contribution in [0.4, 0.5) is 0 Å². The van der Waals surface area contributed by atoms with Crippen molar-refractivity contribution in [1.29, 1.82) is 0 Å². The number of guanidine groups is 1. The number of aliphatic imine (C=N–C) groups is 1. The minimum atomic E-state index is 0.126. The molecule has 1 saturated heterocycles. The Hall–Kier alpha value is -2.44. The number of amides is 1. The summed E-state index contributed by atoms with van der Waals surface area (Å²) in [6.07, 6.45) is 2.62. The Morgan fingerprint density at radius 3 is 2.59 bits per heavy atom. The van der Waals surface area contributed by atoms with Gasteiger partial charge in [-0.3, -0.25) is 4.79 Å². The second-order valence-corrected chi connectivity index (χ2v) is 6.66. The molecule has 27 heavy (non-hydrogen) atoms. The van der Waals surface area contributed by atoms with Gasteiger partial charge in [0.15, 0.2) is 5.96 Å². The number of likely N-dealkylation sites (tertiary alicyclic amines) is 1. The van der Waals surface area contributed by atoms with E-state index in [-0.39, 0.29) is 5.91 Å². The maximum atomic E-state index is 11.6. The number of benzene rings is 1. The Morgan fingerprint density at radius 2 is 2.00 bits per heavy atom. The van der Waals surface area contributed by atoms with Gasteiger partial charge in [-0.05, 0) is 37.8 Å². The van der Waals surface area contributed by atoms with E-state index in [4.69, 9.17) is 14.5 Å². The molecule has 1 aromatic rings. The molecule has 0 bridgehead atoms. The molecule has 0 spiro atoms. The highest BCUT2D eigenvalue weighted by Gasteiger charge is 2.23. The molecule has 2 N–H and O–H groups in total. The first-order valence-corrected chi connectivity index (χ1v) is 9.56. The number of piperidine rings is 1. The van der Waals surface area contributed by atoms with Crippen molar-refractivity contribution < 1.29 is 14.3 Å². The van der Waals surface area contributed by atoms with Crippen LogP contribution in [0, 0.1) is 5.92 Å². The molecule has 1 aliphatic heterocycles. The van der Waals surface area contributed by atoms with Crippen LogP contribution in [0.2, 0.25) is 0 Å². The first-order chi connectivity index (χ1) is 13.1. The standard InChI is InChI=1S/C20H32N4O3/c1-5-22-20(24-10-8-15(9-11-24)12-19(25)21-2)23-14-16-6-7-17(26-3)13-18(16)27-4/h6-7,13,15H,5,8-12,14H2,1-4H3,(H,21,25)(H,22,23). The lowest BCUT2D eigenvalue weighted by atomic mass is 9.93. The van der Waals surface area contributed by atoms with Crippen LogP contribution in [0.15, 0.2) is 23.2 Å². The number of carbonyl (C=O) groups excluding carboxylic acids is 1. The lowest BCUT2D eigenvalue weighted by molar-refractivity contribution is -0.121. The molecule has 0 radical (unpaired) electrons. The molecule has 7 nitrogen and oxygen atoms in total. The van der Waals surface area contributed by atoms with Gasteiger partial charge in [0.25, 0.3) is 0 Å². The first-order valence-electron chi connectivity index (χ1n) is 9.56. The van der Waals surface area contributed by atoms with Gasteiger partial charge in [0.2, 0.25) is 5.91 Å². The van der Waals surface area contributed by atoms with Crippen LogP contribution in [0.5, 0.6) is 11.5 Å². The van der Waals surface area contributed by atoms with Crippen LogP contribution >= 0.6 is 0 Å². The lowest BCUT2D eigenvalue weighted by Crippen LogP contribution is -2.46. The SMILES string of the molecule is CCNC(=NCc1ccc(OC)cc1OC)N1CCC(CC(=O)NC)CC1. The zero-order valence-corrected chi connectivity index (χ0v) is 16.9. The number of hydrogen-bond acceptors (Lipinski definition) is 4. The van der Waals surface area contributed by atoms with Gasteiger partial charge in [-0.25, -0.2) is 4.99 Å². The average molecular weight is 377 g/mol. The van der Waals surface area contributed by atoms with Crippen molar-refractivity contribution in [3.05, 3.63) is 23.8 Å². The Balaban J connectivity index is 2.02. The zero-order valence-electron chi connectivity index (χ0n) is 16.9. The first kappa shape index (κ1) is 20.9. The van der Waals surface area contributed by atoms with Crippen molar-refractivity contribution in [2.75, 3.05) is 40.9 Å². The normalized spacial score (nSPS) is 15.4. The Labute approximate surface area is 162 Å². The number of nitrogens with zero attached hydrogens (tertiary/aromatic N) is 2. The number of methoxy groups -OCH3 is 2. The summed E-state index contributed by atoms with van der Waals surface area (Å²) in [5.41, 5.74) is 1.02. The summed E-state index contributed by atoms with van der Waals surface area (Å²) < 4.78 is 10.7. The van der Waals surface area contributed by atoms with Crippen LogP contribution < -0.4 is 20.1 Å². The van der Waals surface area contributed by atoms with Crippen molar-refractivity contribution in [1.82, 2.24) is 15.5 Å². The molecular weight excluding hydrogens is 344 g/mol. The number of ether oxygens (including phenoxy) is 2. The van der Waals surface area contributed by atoms with Crippen molar-refractivity contribution in [2.24, 2.45) is 10.9 Å². The molecule has 0 aromatic heterocycles. The summed E-state index contributed by atoms with van der Waals surface area (Å²) in [6.45, 7) is 5.24. The summed E-state index contributed by atoms with van der Waals surface area (Å²) in [6, 6.07) is 5.78. The molecule has 1 heterocycles. The van der Waals surface area contributed by atoms with Gasteiger partial charge in [-0.1, -0.05) is 0 Å². The van der Waals surface area contributed by atoms with Crippen molar-refractivity contribution in [3.63, 3.8) is 0 Å². The van der Waals surface area contributed by atoms with Crippen molar-refractivity contribution in [2.45, 2.75) is 32.7 Å². The molecule has 0 aliphatic carbocycles. The third-order valence-corrected chi connectivity index (χ3v) is 4.90. The minimum absolute atomic E-state index is 0.126. The molecule has 1 fully saturated rings. The molecule has 0 saturated carbocycles. The smallest absolute Gasteiger partial charge is 0.220 e. The summed E-state index contributed by atoms with van der Waals surface area (Å²) in [5, 5.41) is 6.10. The van der Waals surface area contributed by atoms with E-state index in [0.29, 0.717) is 18.9 Å². The summed E-state index contributed by atoms with van der Waals surface area (Å²) >= 11 is 0. The molecule has 1 aromatic carbocycles. The van der Waals surface area contributed by atoms with Crippen LogP contribution in [-0.4, -0.2) is 57.7 Å². The van der Waals surface area contributed by atoms with E-state index in [2.05, 4.69) is 22.5 Å². The minimum Gasteiger partial charge on any atom is -0.497 e. The van der Waals surface area contributed by atoms with Gasteiger partial charge in [0, 0.05) is 44.7 Å². The Bertz CT molecular complexity index is 640. The molecule has 7 heteroatoms. The second kappa shape index (κ2) is 10.6. The van der Waals surface area contributed by atoms with Crippen LogP contribution in [0.1, 0.15) is 31.7 Å². The van der Waals surface area contributed by atoms with Crippen molar-refractivity contribution >= 4 is 11.9 Å². The number of nitrogens with one attached hydrogen (secondary N) is 2. The Morgan fingerprint density at radius 1 is 1.26 bits per heavy atom. The maximum absolute atomic E-state index is 11.6. The number of carbonyl (C=O) groups is 1. The summed E-state index contributed by atoms with van der Waals surface area (Å²) in [7, 11) is 4.99. The van der Waals surface area contributed by atoms with Gasteiger partial charge in [-0.15, -0.1) is 0 Å². The van der Waals surface area contributed by atoms with Crippen LogP contribution in [0.3, 0.4) is 0 Å². The predicted octanol–water partition coefficient (Wildman–Crippen LogP) is 2.02. The second-order valence-electron chi connectivity index (χ2n) is 6.66. The highest BCUT2D eigenvalue weighted by Crippen LogP contribution is 2.25. The van der Waals surface area contributed by atoms with Crippen molar-refractivity contribution in [3.8, 4) is 11.5 Å². The predicted molar refractivity (Wildman–Crippen MR) is 107 cm³/mol. The van der Waals surface area contributed by atoms with Gasteiger partial charge in [-0.2, -0.15) is 0 Å². The van der Waals surface area contributed by atoms with Gasteiger partial charge in [0.05, 0.1) is 20.8 Å². The van der Waals surface area contributed by atoms with E-state index in [1.165, 1.54) is 0 Å². The van der Waals surface area contributed by atoms with E-state index in [9.17, 15) is 4.79 Å². The zero-order chi connectivity index (χ0) is 19.6. The topological polar surface area (TPSA) is 75.2 Å². The third-order valence-electron chi connectivity index (χ3n) is 4.90. The summed E-state index contributed by atoms with van der Waals surface area (Å²) in [5.74, 6) is 3.03. The van der Waals surface area contributed by atoms with Gasteiger partial charge < -0.3 is 25.0 Å². The van der Waals surface area contributed by atoms with E-state index in [1.54, 1.807) is 21.3 Å². The molecule has 0 atom stereocenters. The molecular formula is C20H32N4O3. The highest BCUT2D eigenvalue weighted by atomic mass is 16.5. The largest absolute Gasteiger partial charge is 0.497 e. The fraction of sp³-hybridized carbons (Fsp3) is 0.600. The van der Waals surface area contributed by atoms with Gasteiger partial charge >= 0.3 is 0 Å². The lowest BCUT2D eigenvalue weighted by Gasteiger charge is -2.34. The maximum Gasteiger partial charge on any atom is 0.220 e.